The van der Waals surface area contributed by atoms with Gasteiger partial charge in [-0.15, -0.1) is 11.3 Å². The van der Waals surface area contributed by atoms with Gasteiger partial charge in [0.05, 0.1) is 0 Å². The van der Waals surface area contributed by atoms with Gasteiger partial charge in [-0.2, -0.15) is 0 Å². The summed E-state index contributed by atoms with van der Waals surface area (Å²) >= 11 is 1.34. The molecule has 0 bridgehead atoms. The van der Waals surface area contributed by atoms with Crippen LogP contribution in [0.1, 0.15) is 10.4 Å². The molecule has 1 aromatic carbocycles. The number of carbonyl (C=O) groups is 1. The second-order valence-corrected chi connectivity index (χ2v) is 3.74. The zero-order valence-electron chi connectivity index (χ0n) is 7.68. The average molecular weight is 220 g/mol. The Kier molecular flexibility index (Phi) is 2.64. The maximum absolute atomic E-state index is 11.6. The van der Waals surface area contributed by atoms with E-state index in [9.17, 15) is 9.90 Å². The minimum absolute atomic E-state index is 0.0711. The van der Waals surface area contributed by atoms with Crippen LogP contribution in [0.3, 0.4) is 0 Å². The third-order valence-corrected chi connectivity index (χ3v) is 2.45. The normalized spacial score (nSPS) is 9.87. The first-order chi connectivity index (χ1) is 7.25. The number of hydrogen-bond donors (Lipinski definition) is 2. The number of benzene rings is 1. The summed E-state index contributed by atoms with van der Waals surface area (Å²) < 4.78 is 0. The second kappa shape index (κ2) is 4.10. The van der Waals surface area contributed by atoms with Crippen LogP contribution in [0.15, 0.2) is 35.8 Å². The van der Waals surface area contributed by atoms with E-state index in [4.69, 9.17) is 0 Å². The highest BCUT2D eigenvalue weighted by Gasteiger charge is 2.07. The maximum atomic E-state index is 11.6. The van der Waals surface area contributed by atoms with Crippen LogP contribution in [0, 0.1) is 0 Å². The van der Waals surface area contributed by atoms with E-state index in [2.05, 4.69) is 10.3 Å². The van der Waals surface area contributed by atoms with Gasteiger partial charge >= 0.3 is 0 Å². The van der Waals surface area contributed by atoms with Crippen LogP contribution >= 0.6 is 11.3 Å². The van der Waals surface area contributed by atoms with Gasteiger partial charge in [0.2, 0.25) is 0 Å². The number of phenols is 1. The number of hydrogen-bond acceptors (Lipinski definition) is 4. The summed E-state index contributed by atoms with van der Waals surface area (Å²) in [6.07, 6.45) is 1.61. The first kappa shape index (κ1) is 9.67. The van der Waals surface area contributed by atoms with E-state index >= 15 is 0 Å². The van der Waals surface area contributed by atoms with E-state index in [1.807, 2.05) is 0 Å². The molecule has 1 heterocycles. The molecule has 0 aliphatic rings. The van der Waals surface area contributed by atoms with Gasteiger partial charge in [-0.1, -0.05) is 6.07 Å². The number of amides is 1. The molecule has 76 valence electrons. The monoisotopic (exact) mass is 220 g/mol. The van der Waals surface area contributed by atoms with E-state index in [0.717, 1.165) is 0 Å². The number of phenolic OH excluding ortho intramolecular Hbond substituents is 1. The molecule has 0 saturated carbocycles. The highest BCUT2D eigenvalue weighted by atomic mass is 32.1. The van der Waals surface area contributed by atoms with Crippen molar-refractivity contribution >= 4 is 22.4 Å². The third-order valence-electron chi connectivity index (χ3n) is 1.76. The molecule has 1 aromatic heterocycles. The van der Waals surface area contributed by atoms with Gasteiger partial charge in [-0.25, -0.2) is 4.98 Å². The Morgan fingerprint density at radius 2 is 2.33 bits per heavy atom. The fraction of sp³-hybridized carbons (Fsp3) is 0. The average Bonchev–Trinajstić information content (AvgIpc) is 2.70. The molecule has 0 atom stereocenters. The molecular formula is C10H8N2O2S. The van der Waals surface area contributed by atoms with Crippen molar-refractivity contribution in [2.75, 3.05) is 5.32 Å². The number of aromatic hydroxyl groups is 1. The van der Waals surface area contributed by atoms with Gasteiger partial charge in [0.25, 0.3) is 5.91 Å². The predicted octanol–water partition coefficient (Wildman–Crippen LogP) is 2.10. The summed E-state index contributed by atoms with van der Waals surface area (Å²) in [5, 5.41) is 14.1. The molecule has 5 heteroatoms. The van der Waals surface area contributed by atoms with Crippen LogP contribution in [0.5, 0.6) is 5.75 Å². The summed E-state index contributed by atoms with van der Waals surface area (Å²) in [5.74, 6) is -0.206. The summed E-state index contributed by atoms with van der Waals surface area (Å²) in [6, 6.07) is 6.16. The van der Waals surface area contributed by atoms with Gasteiger partial charge in [-0.05, 0) is 18.2 Å². The highest BCUT2D eigenvalue weighted by molar-refractivity contribution is 7.13. The first-order valence-corrected chi connectivity index (χ1v) is 5.13. The number of nitrogens with zero attached hydrogens (tertiary/aromatic N) is 1. The number of nitrogens with one attached hydrogen (secondary N) is 1. The third kappa shape index (κ3) is 2.32. The molecule has 4 nitrogen and oxygen atoms in total. The Hall–Kier alpha value is -1.88. The Bertz CT molecular complexity index is 468. The lowest BCUT2D eigenvalue weighted by atomic mass is 10.2. The summed E-state index contributed by atoms with van der Waals surface area (Å²) in [4.78, 5) is 15.5. The lowest BCUT2D eigenvalue weighted by molar-refractivity contribution is 0.102. The molecule has 0 aliphatic heterocycles. The molecule has 2 rings (SSSR count). The van der Waals surface area contributed by atoms with Gasteiger partial charge in [-0.3, -0.25) is 10.1 Å². The van der Waals surface area contributed by atoms with Crippen molar-refractivity contribution in [2.45, 2.75) is 0 Å². The molecule has 0 saturated heterocycles. The van der Waals surface area contributed by atoms with Crippen molar-refractivity contribution in [3.05, 3.63) is 41.4 Å². The van der Waals surface area contributed by atoms with Crippen molar-refractivity contribution in [1.29, 1.82) is 0 Å². The predicted molar refractivity (Wildman–Crippen MR) is 58.2 cm³/mol. The summed E-state index contributed by atoms with van der Waals surface area (Å²) in [7, 11) is 0. The van der Waals surface area contributed by atoms with E-state index in [-0.39, 0.29) is 11.7 Å². The number of anilines is 1. The highest BCUT2D eigenvalue weighted by Crippen LogP contribution is 2.15. The van der Waals surface area contributed by atoms with Crippen LogP contribution in [-0.2, 0) is 0 Å². The van der Waals surface area contributed by atoms with Gasteiger partial charge in [0.15, 0.2) is 5.13 Å². The van der Waals surface area contributed by atoms with Crippen LogP contribution in [0.25, 0.3) is 0 Å². The Labute approximate surface area is 90.2 Å². The number of thiazole rings is 1. The van der Waals surface area contributed by atoms with Crippen LogP contribution in [0.4, 0.5) is 5.13 Å². The lowest BCUT2D eigenvalue weighted by Crippen LogP contribution is -2.11. The molecule has 0 unspecified atom stereocenters. The van der Waals surface area contributed by atoms with Gasteiger partial charge < -0.3 is 5.11 Å². The van der Waals surface area contributed by atoms with Crippen LogP contribution in [-0.4, -0.2) is 16.0 Å². The number of aromatic nitrogens is 1. The fourth-order valence-electron chi connectivity index (χ4n) is 1.10. The van der Waals surface area contributed by atoms with Crippen LogP contribution < -0.4 is 5.32 Å². The molecule has 0 aliphatic carbocycles. The van der Waals surface area contributed by atoms with Gasteiger partial charge in [0, 0.05) is 17.1 Å². The fourth-order valence-corrected chi connectivity index (χ4v) is 1.63. The lowest BCUT2D eigenvalue weighted by Gasteiger charge is -2.01. The molecular weight excluding hydrogens is 212 g/mol. The van der Waals surface area contributed by atoms with Crippen molar-refractivity contribution < 1.29 is 9.90 Å². The molecule has 15 heavy (non-hydrogen) atoms. The van der Waals surface area contributed by atoms with Crippen molar-refractivity contribution in [3.63, 3.8) is 0 Å². The quantitative estimate of drug-likeness (QED) is 0.814. The van der Waals surface area contributed by atoms with Crippen LogP contribution in [0.2, 0.25) is 0 Å². The summed E-state index contributed by atoms with van der Waals surface area (Å²) in [5.41, 5.74) is 0.408. The molecule has 0 radical (unpaired) electrons. The van der Waals surface area contributed by atoms with E-state index < -0.39 is 0 Å². The van der Waals surface area contributed by atoms with E-state index in [0.29, 0.717) is 10.7 Å². The van der Waals surface area contributed by atoms with Crippen molar-refractivity contribution in [3.8, 4) is 5.75 Å². The molecule has 2 aromatic rings. The molecule has 0 fully saturated rings. The van der Waals surface area contributed by atoms with E-state index in [1.54, 1.807) is 23.7 Å². The molecule has 0 spiro atoms. The SMILES string of the molecule is O=C(Nc1nccs1)c1cccc(O)c1. The second-order valence-electron chi connectivity index (χ2n) is 2.84. The van der Waals surface area contributed by atoms with Crippen molar-refractivity contribution in [1.82, 2.24) is 4.98 Å². The minimum atomic E-state index is -0.277. The number of carbonyl (C=O) groups excluding carboxylic acids is 1. The summed E-state index contributed by atoms with van der Waals surface area (Å²) in [6.45, 7) is 0. The standard InChI is InChI=1S/C10H8N2O2S/c13-8-3-1-2-7(6-8)9(14)12-10-11-4-5-15-10/h1-6,13H,(H,11,12,14). The Morgan fingerprint density at radius 1 is 1.47 bits per heavy atom. The smallest absolute Gasteiger partial charge is 0.257 e. The van der Waals surface area contributed by atoms with Crippen molar-refractivity contribution in [2.24, 2.45) is 0 Å². The number of rotatable bonds is 2. The zero-order valence-corrected chi connectivity index (χ0v) is 8.49. The first-order valence-electron chi connectivity index (χ1n) is 4.25. The zero-order chi connectivity index (χ0) is 10.7. The molecule has 1 amide bonds. The molecule has 2 N–H and O–H groups in total. The topological polar surface area (TPSA) is 62.2 Å². The largest absolute Gasteiger partial charge is 0.508 e. The Balaban J connectivity index is 2.15. The Morgan fingerprint density at radius 3 is 3.00 bits per heavy atom. The minimum Gasteiger partial charge on any atom is -0.508 e. The van der Waals surface area contributed by atoms with E-state index in [1.165, 1.54) is 23.5 Å². The maximum Gasteiger partial charge on any atom is 0.257 e. The van der Waals surface area contributed by atoms with Gasteiger partial charge in [0.1, 0.15) is 5.75 Å².